The molecular formula is C18H16N6S. The zero-order valence-electron chi connectivity index (χ0n) is 13.8. The van der Waals surface area contributed by atoms with Gasteiger partial charge in [-0.2, -0.15) is 8.75 Å². The van der Waals surface area contributed by atoms with Gasteiger partial charge in [-0.1, -0.05) is 35.4 Å². The van der Waals surface area contributed by atoms with Crippen LogP contribution in [-0.4, -0.2) is 18.7 Å². The maximum Gasteiger partial charge on any atom is 0.214 e. The number of aryl methyl sites for hydroxylation is 2. The molecule has 2 aromatic carbocycles. The van der Waals surface area contributed by atoms with E-state index in [0.717, 1.165) is 23.1 Å². The predicted octanol–water partition coefficient (Wildman–Crippen LogP) is 4.59. The van der Waals surface area contributed by atoms with E-state index in [0.29, 0.717) is 22.9 Å². The van der Waals surface area contributed by atoms with Crippen LogP contribution in [-0.2, 0) is 0 Å². The van der Waals surface area contributed by atoms with Crippen LogP contribution < -0.4 is 10.6 Å². The van der Waals surface area contributed by atoms with Crippen LogP contribution in [0.4, 0.5) is 23.0 Å². The molecule has 0 aliphatic heterocycles. The van der Waals surface area contributed by atoms with Gasteiger partial charge in [0.05, 0.1) is 11.7 Å². The Bertz CT molecular complexity index is 927. The molecule has 0 aliphatic rings. The fraction of sp³-hybridized carbons (Fsp3) is 0.111. The topological polar surface area (TPSA) is 75.6 Å². The highest BCUT2D eigenvalue weighted by molar-refractivity contribution is 6.99. The predicted molar refractivity (Wildman–Crippen MR) is 102 cm³/mol. The molecule has 4 aromatic rings. The minimum Gasteiger partial charge on any atom is -0.337 e. The molecule has 0 amide bonds. The van der Waals surface area contributed by atoms with Gasteiger partial charge < -0.3 is 10.6 Å². The molecule has 0 saturated heterocycles. The Balaban J connectivity index is 1.72. The van der Waals surface area contributed by atoms with Crippen LogP contribution >= 0.6 is 11.7 Å². The molecule has 0 unspecified atom stereocenters. The highest BCUT2D eigenvalue weighted by Gasteiger charge is 2.12. The first-order valence-corrected chi connectivity index (χ1v) is 8.58. The number of fused-ring (bicyclic) bond motifs is 1. The molecule has 0 spiro atoms. The Morgan fingerprint density at radius 2 is 1.04 bits per heavy atom. The van der Waals surface area contributed by atoms with E-state index in [2.05, 4.69) is 43.2 Å². The van der Waals surface area contributed by atoms with E-state index in [9.17, 15) is 0 Å². The Morgan fingerprint density at radius 1 is 0.640 bits per heavy atom. The first kappa shape index (κ1) is 15.5. The molecule has 124 valence electrons. The smallest absolute Gasteiger partial charge is 0.214 e. The monoisotopic (exact) mass is 348 g/mol. The van der Waals surface area contributed by atoms with Crippen molar-refractivity contribution in [2.75, 3.05) is 10.6 Å². The average molecular weight is 348 g/mol. The molecule has 2 N–H and O–H groups in total. The third-order valence-electron chi connectivity index (χ3n) is 3.74. The first-order chi connectivity index (χ1) is 12.2. The van der Waals surface area contributed by atoms with Crippen LogP contribution in [0.2, 0.25) is 0 Å². The second-order valence-electron chi connectivity index (χ2n) is 5.81. The van der Waals surface area contributed by atoms with Gasteiger partial charge in [0.2, 0.25) is 11.3 Å². The van der Waals surface area contributed by atoms with Crippen molar-refractivity contribution in [1.82, 2.24) is 18.7 Å². The molecular weight excluding hydrogens is 332 g/mol. The minimum atomic E-state index is 0.536. The Labute approximate surface area is 149 Å². The highest BCUT2D eigenvalue weighted by atomic mass is 32.1. The third-order valence-corrected chi connectivity index (χ3v) is 4.25. The first-order valence-electron chi connectivity index (χ1n) is 7.85. The van der Waals surface area contributed by atoms with Gasteiger partial charge in [-0.3, -0.25) is 0 Å². The molecule has 0 fully saturated rings. The summed E-state index contributed by atoms with van der Waals surface area (Å²) < 4.78 is 8.37. The molecule has 0 aliphatic carbocycles. The SMILES string of the molecule is Cc1ccc(Nc2nc3nsnc3nc2Nc2ccc(C)cc2)cc1. The lowest BCUT2D eigenvalue weighted by molar-refractivity contribution is 1.24. The van der Waals surface area contributed by atoms with E-state index >= 15 is 0 Å². The van der Waals surface area contributed by atoms with Crippen LogP contribution in [0.1, 0.15) is 11.1 Å². The van der Waals surface area contributed by atoms with Gasteiger partial charge in [0.15, 0.2) is 11.6 Å². The summed E-state index contributed by atoms with van der Waals surface area (Å²) in [5.74, 6) is 1.23. The van der Waals surface area contributed by atoms with Crippen molar-refractivity contribution < 1.29 is 0 Å². The molecule has 4 rings (SSSR count). The average Bonchev–Trinajstić information content (AvgIpc) is 3.06. The molecule has 0 atom stereocenters. The number of hydrogen-bond donors (Lipinski definition) is 2. The summed E-state index contributed by atoms with van der Waals surface area (Å²) in [7, 11) is 0. The summed E-state index contributed by atoms with van der Waals surface area (Å²) in [5, 5.41) is 6.63. The number of benzene rings is 2. The lowest BCUT2D eigenvalue weighted by Crippen LogP contribution is -2.03. The molecule has 6 nitrogen and oxygen atoms in total. The van der Waals surface area contributed by atoms with Crippen molar-refractivity contribution in [3.63, 3.8) is 0 Å². The summed E-state index contributed by atoms with van der Waals surface area (Å²) in [6.07, 6.45) is 0. The van der Waals surface area contributed by atoms with Gasteiger partial charge in [0.25, 0.3) is 0 Å². The number of nitrogens with zero attached hydrogens (tertiary/aromatic N) is 4. The van der Waals surface area contributed by atoms with Gasteiger partial charge in [-0.25, -0.2) is 9.97 Å². The molecule has 2 heterocycles. The molecule has 0 saturated carbocycles. The van der Waals surface area contributed by atoms with Crippen LogP contribution in [0, 0.1) is 13.8 Å². The highest BCUT2D eigenvalue weighted by Crippen LogP contribution is 2.27. The van der Waals surface area contributed by atoms with E-state index in [1.54, 1.807) is 0 Å². The Hall–Kier alpha value is -3.06. The van der Waals surface area contributed by atoms with Crippen LogP contribution in [0.15, 0.2) is 48.5 Å². The normalized spacial score (nSPS) is 10.8. The number of nitrogens with one attached hydrogen (secondary N) is 2. The van der Waals surface area contributed by atoms with Crippen LogP contribution in [0.5, 0.6) is 0 Å². The number of anilines is 4. The van der Waals surface area contributed by atoms with Crippen LogP contribution in [0.25, 0.3) is 11.3 Å². The maximum atomic E-state index is 4.57. The zero-order chi connectivity index (χ0) is 17.2. The van der Waals surface area contributed by atoms with E-state index in [1.165, 1.54) is 11.1 Å². The van der Waals surface area contributed by atoms with Gasteiger partial charge >= 0.3 is 0 Å². The standard InChI is InChI=1S/C18H16N6S/c1-11-3-7-13(8-4-11)19-15-16(20-14-9-5-12(2)6-10-14)22-18-17(21-15)23-25-24-18/h3-10H,1-2H3,(H,19,21,23)(H,20,22,24). The summed E-state index contributed by atoms with van der Waals surface area (Å²) in [6, 6.07) is 16.2. The van der Waals surface area contributed by atoms with Gasteiger partial charge in [0.1, 0.15) is 0 Å². The summed E-state index contributed by atoms with van der Waals surface area (Å²) in [5.41, 5.74) is 5.36. The Morgan fingerprint density at radius 3 is 1.44 bits per heavy atom. The van der Waals surface area contributed by atoms with Crippen molar-refractivity contribution in [3.8, 4) is 0 Å². The van der Waals surface area contributed by atoms with Crippen molar-refractivity contribution >= 4 is 46.0 Å². The second kappa shape index (κ2) is 6.45. The molecule has 0 bridgehead atoms. The lowest BCUT2D eigenvalue weighted by atomic mass is 10.2. The number of hydrogen-bond acceptors (Lipinski definition) is 7. The number of aromatic nitrogens is 4. The summed E-state index contributed by atoms with van der Waals surface area (Å²) in [4.78, 5) is 9.13. The van der Waals surface area contributed by atoms with Gasteiger partial charge in [-0.15, -0.1) is 0 Å². The van der Waals surface area contributed by atoms with Crippen molar-refractivity contribution in [2.24, 2.45) is 0 Å². The quantitative estimate of drug-likeness (QED) is 0.562. The second-order valence-corrected chi connectivity index (χ2v) is 6.34. The van der Waals surface area contributed by atoms with E-state index in [-0.39, 0.29) is 0 Å². The molecule has 7 heteroatoms. The molecule has 25 heavy (non-hydrogen) atoms. The maximum absolute atomic E-state index is 4.57. The van der Waals surface area contributed by atoms with Gasteiger partial charge in [-0.05, 0) is 38.1 Å². The number of rotatable bonds is 4. The van der Waals surface area contributed by atoms with Gasteiger partial charge in [0, 0.05) is 11.4 Å². The van der Waals surface area contributed by atoms with Crippen molar-refractivity contribution in [1.29, 1.82) is 0 Å². The third kappa shape index (κ3) is 3.41. The molecule has 0 radical (unpaired) electrons. The van der Waals surface area contributed by atoms with Crippen molar-refractivity contribution in [3.05, 3.63) is 59.7 Å². The van der Waals surface area contributed by atoms with E-state index in [1.807, 2.05) is 48.5 Å². The van der Waals surface area contributed by atoms with Crippen LogP contribution in [0.3, 0.4) is 0 Å². The van der Waals surface area contributed by atoms with E-state index < -0.39 is 0 Å². The van der Waals surface area contributed by atoms with E-state index in [4.69, 9.17) is 0 Å². The lowest BCUT2D eigenvalue weighted by Gasteiger charge is -2.12. The fourth-order valence-electron chi connectivity index (χ4n) is 2.36. The summed E-state index contributed by atoms with van der Waals surface area (Å²) >= 11 is 1.11. The Kier molecular flexibility index (Phi) is 3.99. The minimum absolute atomic E-state index is 0.536. The largest absolute Gasteiger partial charge is 0.337 e. The molecule has 2 aromatic heterocycles. The summed E-state index contributed by atoms with van der Waals surface area (Å²) in [6.45, 7) is 4.11. The zero-order valence-corrected chi connectivity index (χ0v) is 14.6. The fourth-order valence-corrected chi connectivity index (χ4v) is 2.80. The van der Waals surface area contributed by atoms with Crippen molar-refractivity contribution in [2.45, 2.75) is 13.8 Å².